The molecule has 0 heterocycles. The Morgan fingerprint density at radius 3 is 2.41 bits per heavy atom. The van der Waals surface area contributed by atoms with E-state index in [-0.39, 0.29) is 5.75 Å². The molecular weight excluding hydrogens is 245 g/mol. The predicted octanol–water partition coefficient (Wildman–Crippen LogP) is 3.61. The molecule has 0 bridgehead atoms. The van der Waals surface area contributed by atoms with Crippen molar-refractivity contribution < 1.29 is 17.9 Å². The molecule has 0 amide bonds. The Bertz CT molecular complexity index is 449. The summed E-state index contributed by atoms with van der Waals surface area (Å²) >= 11 is 0. The molecule has 0 spiro atoms. The molecule has 0 aliphatic carbocycles. The standard InChI is InChI=1S/C12H12F3OSi/c1-17(2,3)8-7-10-5-4-6-11(9-10)16-12(13,14)15/h5-6,9H,1-3H3. The molecule has 17 heavy (non-hydrogen) atoms. The average molecular weight is 257 g/mol. The summed E-state index contributed by atoms with van der Waals surface area (Å²) in [5.41, 5.74) is 3.54. The predicted molar refractivity (Wildman–Crippen MR) is 62.2 cm³/mol. The second-order valence-electron chi connectivity index (χ2n) is 4.51. The lowest BCUT2D eigenvalue weighted by Crippen LogP contribution is -2.17. The topological polar surface area (TPSA) is 9.23 Å². The molecule has 0 N–H and O–H groups in total. The minimum atomic E-state index is -4.68. The van der Waals surface area contributed by atoms with Crippen LogP contribution in [0.1, 0.15) is 5.56 Å². The van der Waals surface area contributed by atoms with Crippen LogP contribution >= 0.6 is 0 Å². The van der Waals surface area contributed by atoms with Crippen LogP contribution in [-0.4, -0.2) is 14.4 Å². The number of benzene rings is 1. The zero-order valence-electron chi connectivity index (χ0n) is 9.77. The van der Waals surface area contributed by atoms with Gasteiger partial charge in [-0.05, 0) is 24.3 Å². The highest BCUT2D eigenvalue weighted by Gasteiger charge is 2.31. The van der Waals surface area contributed by atoms with Gasteiger partial charge in [0.25, 0.3) is 0 Å². The van der Waals surface area contributed by atoms with E-state index in [2.05, 4.69) is 41.9 Å². The lowest BCUT2D eigenvalue weighted by Gasteiger charge is -2.08. The van der Waals surface area contributed by atoms with Gasteiger partial charge in [0.05, 0.1) is 0 Å². The fourth-order valence-corrected chi connectivity index (χ4v) is 1.49. The van der Waals surface area contributed by atoms with Crippen LogP contribution in [0.5, 0.6) is 5.75 Å². The van der Waals surface area contributed by atoms with Crippen LogP contribution in [0.3, 0.4) is 0 Å². The Hall–Kier alpha value is -1.41. The van der Waals surface area contributed by atoms with Gasteiger partial charge in [-0.2, -0.15) is 0 Å². The van der Waals surface area contributed by atoms with E-state index in [9.17, 15) is 13.2 Å². The first-order valence-electron chi connectivity index (χ1n) is 4.96. The maximum absolute atomic E-state index is 12.0. The zero-order valence-corrected chi connectivity index (χ0v) is 10.8. The SMILES string of the molecule is C[Si](C)(C)C#Cc1c[c]cc(OC(F)(F)F)c1. The van der Waals surface area contributed by atoms with Gasteiger partial charge in [0.2, 0.25) is 0 Å². The molecule has 0 atom stereocenters. The first-order chi connectivity index (χ1) is 7.66. The fraction of sp³-hybridized carbons (Fsp3) is 0.333. The van der Waals surface area contributed by atoms with E-state index in [0.29, 0.717) is 5.56 Å². The molecule has 0 aliphatic heterocycles. The third kappa shape index (κ3) is 6.02. The van der Waals surface area contributed by atoms with E-state index in [1.54, 1.807) is 0 Å². The molecule has 0 aromatic heterocycles. The van der Waals surface area contributed by atoms with Crippen LogP contribution in [0.2, 0.25) is 19.6 Å². The second kappa shape index (κ2) is 4.84. The fourth-order valence-electron chi connectivity index (χ4n) is 0.975. The first kappa shape index (κ1) is 13.7. The third-order valence-electron chi connectivity index (χ3n) is 1.58. The number of hydrogen-bond acceptors (Lipinski definition) is 1. The number of ether oxygens (including phenoxy) is 1. The van der Waals surface area contributed by atoms with E-state index >= 15 is 0 Å². The average Bonchev–Trinajstić information content (AvgIpc) is 2.11. The molecule has 91 valence electrons. The molecule has 0 fully saturated rings. The molecule has 1 rings (SSSR count). The Morgan fingerprint density at radius 2 is 1.88 bits per heavy atom. The quantitative estimate of drug-likeness (QED) is 0.551. The van der Waals surface area contributed by atoms with E-state index in [0.717, 1.165) is 6.07 Å². The van der Waals surface area contributed by atoms with Gasteiger partial charge >= 0.3 is 6.36 Å². The smallest absolute Gasteiger partial charge is 0.406 e. The number of alkyl halides is 3. The molecular formula is C12H12F3OSi. The molecule has 1 nitrogen and oxygen atoms in total. The van der Waals surface area contributed by atoms with Gasteiger partial charge in [-0.3, -0.25) is 0 Å². The monoisotopic (exact) mass is 257 g/mol. The van der Waals surface area contributed by atoms with Crippen molar-refractivity contribution in [2.45, 2.75) is 26.0 Å². The maximum atomic E-state index is 12.0. The molecule has 1 radical (unpaired) electrons. The zero-order chi connectivity index (χ0) is 13.1. The molecule has 0 saturated heterocycles. The van der Waals surface area contributed by atoms with Crippen molar-refractivity contribution in [2.75, 3.05) is 0 Å². The van der Waals surface area contributed by atoms with Crippen molar-refractivity contribution >= 4 is 8.07 Å². The van der Waals surface area contributed by atoms with Crippen LogP contribution in [0, 0.1) is 17.5 Å². The van der Waals surface area contributed by atoms with E-state index < -0.39 is 14.4 Å². The second-order valence-corrected chi connectivity index (χ2v) is 9.26. The molecule has 0 unspecified atom stereocenters. The highest BCUT2D eigenvalue weighted by molar-refractivity contribution is 6.83. The number of rotatable bonds is 1. The maximum Gasteiger partial charge on any atom is 0.573 e. The van der Waals surface area contributed by atoms with Crippen molar-refractivity contribution in [2.24, 2.45) is 0 Å². The van der Waals surface area contributed by atoms with Crippen molar-refractivity contribution in [1.82, 2.24) is 0 Å². The van der Waals surface area contributed by atoms with Crippen molar-refractivity contribution in [3.05, 3.63) is 29.8 Å². The molecule has 5 heteroatoms. The highest BCUT2D eigenvalue weighted by Crippen LogP contribution is 2.22. The van der Waals surface area contributed by atoms with Crippen LogP contribution < -0.4 is 4.74 Å². The van der Waals surface area contributed by atoms with Crippen molar-refractivity contribution in [3.63, 3.8) is 0 Å². The van der Waals surface area contributed by atoms with Gasteiger partial charge < -0.3 is 4.74 Å². The Balaban J connectivity index is 2.90. The summed E-state index contributed by atoms with van der Waals surface area (Å²) in [6.45, 7) is 6.17. The first-order valence-corrected chi connectivity index (χ1v) is 8.46. The summed E-state index contributed by atoms with van der Waals surface area (Å²) in [5.74, 6) is 2.55. The summed E-state index contributed by atoms with van der Waals surface area (Å²) in [5, 5.41) is 0. The summed E-state index contributed by atoms with van der Waals surface area (Å²) in [6.07, 6.45) is -4.68. The van der Waals surface area contributed by atoms with E-state index in [1.807, 2.05) is 0 Å². The summed E-state index contributed by atoms with van der Waals surface area (Å²) < 4.78 is 39.7. The van der Waals surface area contributed by atoms with Gasteiger partial charge in [0.15, 0.2) is 0 Å². The van der Waals surface area contributed by atoms with Crippen LogP contribution in [-0.2, 0) is 0 Å². The largest absolute Gasteiger partial charge is 0.573 e. The Morgan fingerprint density at radius 1 is 1.24 bits per heavy atom. The summed E-state index contributed by atoms with van der Waals surface area (Å²) in [4.78, 5) is 0. The molecule has 0 aliphatic rings. The van der Waals surface area contributed by atoms with Crippen LogP contribution in [0.15, 0.2) is 18.2 Å². The molecule has 1 aromatic rings. The van der Waals surface area contributed by atoms with Gasteiger partial charge in [0, 0.05) is 5.56 Å². The van der Waals surface area contributed by atoms with Gasteiger partial charge in [-0.15, -0.1) is 18.7 Å². The molecule has 1 aromatic carbocycles. The minimum absolute atomic E-state index is 0.292. The third-order valence-corrected chi connectivity index (χ3v) is 2.45. The lowest BCUT2D eigenvalue weighted by molar-refractivity contribution is -0.274. The van der Waals surface area contributed by atoms with E-state index in [4.69, 9.17) is 0 Å². The normalized spacial score (nSPS) is 11.6. The molecule has 0 saturated carbocycles. The van der Waals surface area contributed by atoms with Gasteiger partial charge in [-0.25, -0.2) is 0 Å². The van der Waals surface area contributed by atoms with Gasteiger partial charge in [-0.1, -0.05) is 25.6 Å². The van der Waals surface area contributed by atoms with Crippen LogP contribution in [0.25, 0.3) is 0 Å². The van der Waals surface area contributed by atoms with Crippen LogP contribution in [0.4, 0.5) is 13.2 Å². The summed E-state index contributed by atoms with van der Waals surface area (Å²) in [6, 6.07) is 6.51. The highest BCUT2D eigenvalue weighted by atomic mass is 28.3. The number of hydrogen-bond donors (Lipinski definition) is 0. The Labute approximate surface area is 99.6 Å². The van der Waals surface area contributed by atoms with Crippen molar-refractivity contribution in [1.29, 1.82) is 0 Å². The number of halogens is 3. The summed E-state index contributed by atoms with van der Waals surface area (Å²) in [7, 11) is -1.54. The van der Waals surface area contributed by atoms with E-state index in [1.165, 1.54) is 12.1 Å². The Kier molecular flexibility index (Phi) is 3.89. The van der Waals surface area contributed by atoms with Gasteiger partial charge in [0.1, 0.15) is 13.8 Å². The minimum Gasteiger partial charge on any atom is -0.406 e. The van der Waals surface area contributed by atoms with Crippen molar-refractivity contribution in [3.8, 4) is 17.2 Å². The lowest BCUT2D eigenvalue weighted by atomic mass is 10.2.